The molecule has 0 amide bonds. The number of fused-ring (bicyclic) bond motifs is 1. The number of pyridine rings is 1. The molecule has 0 N–H and O–H groups in total. The van der Waals surface area contributed by atoms with Gasteiger partial charge in [-0.05, 0) is 24.3 Å². The van der Waals surface area contributed by atoms with Gasteiger partial charge in [-0.25, -0.2) is 9.97 Å². The largest absolute Gasteiger partial charge is 0.349 e. The van der Waals surface area contributed by atoms with Crippen molar-refractivity contribution >= 4 is 16.7 Å². The predicted molar refractivity (Wildman–Crippen MR) is 95.4 cm³/mol. The summed E-state index contributed by atoms with van der Waals surface area (Å²) in [5.74, 6) is 1.55. The van der Waals surface area contributed by atoms with Crippen LogP contribution in [0, 0.1) is 0 Å². The molecule has 0 fully saturated rings. The van der Waals surface area contributed by atoms with Crippen LogP contribution in [0.5, 0.6) is 0 Å². The molecule has 0 saturated carbocycles. The molecule has 1 aromatic carbocycles. The van der Waals surface area contributed by atoms with Gasteiger partial charge in [-0.3, -0.25) is 4.98 Å². The zero-order valence-corrected chi connectivity index (χ0v) is 12.9. The number of hydrogen-bond acceptors (Lipinski definition) is 4. The molecule has 3 rings (SSSR count). The van der Waals surface area contributed by atoms with Crippen LogP contribution in [0.2, 0.25) is 0 Å². The van der Waals surface area contributed by atoms with Crippen LogP contribution in [0.1, 0.15) is 0 Å². The topological polar surface area (TPSA) is 41.9 Å². The molecule has 4 heteroatoms. The van der Waals surface area contributed by atoms with E-state index < -0.39 is 0 Å². The highest BCUT2D eigenvalue weighted by molar-refractivity contribution is 5.91. The highest BCUT2D eigenvalue weighted by Crippen LogP contribution is 2.27. The molecule has 0 unspecified atom stereocenters. The first kappa shape index (κ1) is 14.9. The van der Waals surface area contributed by atoms with Crippen LogP contribution in [-0.4, -0.2) is 28.0 Å². The number of hydrogen-bond donors (Lipinski definition) is 0. The van der Waals surface area contributed by atoms with E-state index in [0.29, 0.717) is 18.9 Å². The number of anilines is 1. The second-order valence-electron chi connectivity index (χ2n) is 5.11. The van der Waals surface area contributed by atoms with Gasteiger partial charge in [0.15, 0.2) is 5.82 Å². The summed E-state index contributed by atoms with van der Waals surface area (Å²) in [6.07, 6.45) is 7.25. The third-order valence-electron chi connectivity index (χ3n) is 3.50. The molecule has 4 nitrogen and oxygen atoms in total. The SMILES string of the molecule is C=CCN(CC=C)c1nc(-c2cccnc2)nc2ccccc12. The van der Waals surface area contributed by atoms with E-state index in [1.807, 2.05) is 48.6 Å². The van der Waals surface area contributed by atoms with Crippen molar-refractivity contribution in [3.8, 4) is 11.4 Å². The van der Waals surface area contributed by atoms with Crippen LogP contribution in [0.4, 0.5) is 5.82 Å². The Morgan fingerprint density at radius 1 is 0.957 bits per heavy atom. The number of aromatic nitrogens is 3. The molecule has 0 saturated heterocycles. The van der Waals surface area contributed by atoms with Crippen molar-refractivity contribution in [2.45, 2.75) is 0 Å². The standard InChI is InChI=1S/C19H18N4/c1-3-12-23(13-4-2)19-16-9-5-6-10-17(16)21-18(22-19)15-8-7-11-20-14-15/h3-11,14H,1-2,12-13H2. The molecule has 0 radical (unpaired) electrons. The molecule has 114 valence electrons. The van der Waals surface area contributed by atoms with Crippen LogP contribution >= 0.6 is 0 Å². The number of benzene rings is 1. The van der Waals surface area contributed by atoms with E-state index in [2.05, 4.69) is 28.0 Å². The van der Waals surface area contributed by atoms with E-state index in [1.54, 1.807) is 12.4 Å². The maximum absolute atomic E-state index is 4.79. The molecule has 0 atom stereocenters. The first-order chi connectivity index (χ1) is 11.3. The van der Waals surface area contributed by atoms with Crippen molar-refractivity contribution in [2.24, 2.45) is 0 Å². The van der Waals surface area contributed by atoms with Crippen molar-refractivity contribution in [1.82, 2.24) is 15.0 Å². The summed E-state index contributed by atoms with van der Waals surface area (Å²) in [6, 6.07) is 11.9. The number of para-hydroxylation sites is 1. The Hall–Kier alpha value is -3.01. The highest BCUT2D eigenvalue weighted by atomic mass is 15.2. The third-order valence-corrected chi connectivity index (χ3v) is 3.50. The second kappa shape index (κ2) is 6.83. The molecule has 2 heterocycles. The summed E-state index contributed by atoms with van der Waals surface area (Å²) < 4.78 is 0. The Morgan fingerprint density at radius 3 is 2.43 bits per heavy atom. The Balaban J connectivity index is 2.21. The fraction of sp³-hybridized carbons (Fsp3) is 0.105. The van der Waals surface area contributed by atoms with Gasteiger partial charge >= 0.3 is 0 Å². The Kier molecular flexibility index (Phi) is 4.43. The Labute approximate surface area is 135 Å². The summed E-state index contributed by atoms with van der Waals surface area (Å²) in [6.45, 7) is 9.07. The minimum atomic E-state index is 0.671. The third kappa shape index (κ3) is 3.11. The monoisotopic (exact) mass is 302 g/mol. The van der Waals surface area contributed by atoms with Crippen molar-refractivity contribution in [1.29, 1.82) is 0 Å². The quantitative estimate of drug-likeness (QED) is 0.648. The van der Waals surface area contributed by atoms with Crippen LogP contribution in [0.15, 0.2) is 74.1 Å². The minimum absolute atomic E-state index is 0.671. The van der Waals surface area contributed by atoms with Gasteiger partial charge in [0.25, 0.3) is 0 Å². The van der Waals surface area contributed by atoms with Gasteiger partial charge in [0.1, 0.15) is 5.82 Å². The average Bonchev–Trinajstić information content (AvgIpc) is 2.61. The van der Waals surface area contributed by atoms with Crippen molar-refractivity contribution in [3.63, 3.8) is 0 Å². The van der Waals surface area contributed by atoms with Gasteiger partial charge in [0, 0.05) is 36.4 Å². The van der Waals surface area contributed by atoms with Gasteiger partial charge in [0.2, 0.25) is 0 Å². The van der Waals surface area contributed by atoms with E-state index >= 15 is 0 Å². The van der Waals surface area contributed by atoms with Gasteiger partial charge in [-0.2, -0.15) is 0 Å². The van der Waals surface area contributed by atoms with Crippen LogP contribution in [-0.2, 0) is 0 Å². The molecule has 0 aliphatic rings. The highest BCUT2D eigenvalue weighted by Gasteiger charge is 2.13. The summed E-state index contributed by atoms with van der Waals surface area (Å²) in [7, 11) is 0. The smallest absolute Gasteiger partial charge is 0.163 e. The molecular formula is C19H18N4. The lowest BCUT2D eigenvalue weighted by molar-refractivity contribution is 0.930. The fourth-order valence-electron chi connectivity index (χ4n) is 2.48. The van der Waals surface area contributed by atoms with Gasteiger partial charge < -0.3 is 4.90 Å². The second-order valence-corrected chi connectivity index (χ2v) is 5.11. The maximum Gasteiger partial charge on any atom is 0.163 e. The molecular weight excluding hydrogens is 284 g/mol. The molecule has 0 aliphatic heterocycles. The van der Waals surface area contributed by atoms with Crippen LogP contribution < -0.4 is 4.90 Å². The van der Waals surface area contributed by atoms with Gasteiger partial charge in [-0.15, -0.1) is 13.2 Å². The number of rotatable bonds is 6. The lowest BCUT2D eigenvalue weighted by atomic mass is 10.2. The molecule has 0 spiro atoms. The lowest BCUT2D eigenvalue weighted by Crippen LogP contribution is -2.24. The predicted octanol–water partition coefficient (Wildman–Crippen LogP) is 3.87. The zero-order valence-electron chi connectivity index (χ0n) is 12.9. The Morgan fingerprint density at radius 2 is 1.74 bits per heavy atom. The molecule has 0 aliphatic carbocycles. The number of nitrogens with zero attached hydrogens (tertiary/aromatic N) is 4. The van der Waals surface area contributed by atoms with Crippen molar-refractivity contribution < 1.29 is 0 Å². The first-order valence-electron chi connectivity index (χ1n) is 7.47. The molecule has 3 aromatic rings. The minimum Gasteiger partial charge on any atom is -0.349 e. The molecule has 0 bridgehead atoms. The average molecular weight is 302 g/mol. The van der Waals surface area contributed by atoms with E-state index in [9.17, 15) is 0 Å². The zero-order chi connectivity index (χ0) is 16.1. The van der Waals surface area contributed by atoms with Gasteiger partial charge in [-0.1, -0.05) is 24.3 Å². The van der Waals surface area contributed by atoms with E-state index in [0.717, 1.165) is 22.3 Å². The maximum atomic E-state index is 4.79. The van der Waals surface area contributed by atoms with E-state index in [-0.39, 0.29) is 0 Å². The van der Waals surface area contributed by atoms with E-state index in [4.69, 9.17) is 4.98 Å². The summed E-state index contributed by atoms with van der Waals surface area (Å²) in [5.41, 5.74) is 1.81. The molecule has 2 aromatic heterocycles. The lowest BCUT2D eigenvalue weighted by Gasteiger charge is -2.22. The first-order valence-corrected chi connectivity index (χ1v) is 7.47. The summed E-state index contributed by atoms with van der Waals surface area (Å²) in [4.78, 5) is 15.8. The summed E-state index contributed by atoms with van der Waals surface area (Å²) >= 11 is 0. The van der Waals surface area contributed by atoms with Gasteiger partial charge in [0.05, 0.1) is 5.52 Å². The van der Waals surface area contributed by atoms with Crippen LogP contribution in [0.3, 0.4) is 0 Å². The fourth-order valence-corrected chi connectivity index (χ4v) is 2.48. The van der Waals surface area contributed by atoms with Crippen molar-refractivity contribution in [2.75, 3.05) is 18.0 Å². The summed E-state index contributed by atoms with van der Waals surface area (Å²) in [5, 5.41) is 1.02. The normalized spacial score (nSPS) is 10.4. The molecule has 23 heavy (non-hydrogen) atoms. The van der Waals surface area contributed by atoms with Crippen LogP contribution in [0.25, 0.3) is 22.3 Å². The Bertz CT molecular complexity index is 817. The van der Waals surface area contributed by atoms with Crippen molar-refractivity contribution in [3.05, 3.63) is 74.1 Å². The van der Waals surface area contributed by atoms with E-state index in [1.165, 1.54) is 0 Å².